The molecule has 0 aliphatic carbocycles. The molecule has 0 unspecified atom stereocenters. The molecule has 1 amide bonds. The third kappa shape index (κ3) is 3.93. The largest absolute Gasteiger partial charge is 0.352 e. The van der Waals surface area contributed by atoms with Crippen LogP contribution < -0.4 is 16.6 Å². The minimum absolute atomic E-state index is 0.00578. The number of hydrogen-bond acceptors (Lipinski definition) is 5. The second-order valence-electron chi connectivity index (χ2n) is 7.85. The molecule has 0 radical (unpaired) electrons. The number of carbonyl (C=O) groups excluding carboxylic acids is 1. The minimum atomic E-state index is -0.451. The second-order valence-corrected chi connectivity index (χ2v) is 7.85. The van der Waals surface area contributed by atoms with Crippen LogP contribution in [-0.2, 0) is 32.0 Å². The summed E-state index contributed by atoms with van der Waals surface area (Å²) in [5.74, 6) is -0.160. The van der Waals surface area contributed by atoms with E-state index in [4.69, 9.17) is 0 Å². The van der Waals surface area contributed by atoms with Crippen molar-refractivity contribution in [3.05, 3.63) is 63.1 Å². The number of rotatable bonds is 5. The maximum absolute atomic E-state index is 12.6. The van der Waals surface area contributed by atoms with Gasteiger partial charge in [-0.25, -0.2) is 9.78 Å². The van der Waals surface area contributed by atoms with Crippen molar-refractivity contribution in [1.29, 1.82) is 0 Å². The molecule has 0 atom stereocenters. The number of amides is 1. The van der Waals surface area contributed by atoms with E-state index >= 15 is 0 Å². The van der Waals surface area contributed by atoms with Gasteiger partial charge in [0.2, 0.25) is 5.91 Å². The lowest BCUT2D eigenvalue weighted by Gasteiger charge is -2.32. The van der Waals surface area contributed by atoms with Gasteiger partial charge in [0.1, 0.15) is 6.54 Å². The Morgan fingerprint density at radius 2 is 1.80 bits per heavy atom. The summed E-state index contributed by atoms with van der Waals surface area (Å²) in [6, 6.07) is 10.5. The Labute approximate surface area is 173 Å². The van der Waals surface area contributed by atoms with Gasteiger partial charge in [-0.1, -0.05) is 30.3 Å². The number of piperidine rings is 1. The van der Waals surface area contributed by atoms with Crippen LogP contribution in [-0.4, -0.2) is 48.6 Å². The number of imidazole rings is 1. The lowest BCUT2D eigenvalue weighted by Crippen LogP contribution is -2.45. The van der Waals surface area contributed by atoms with E-state index in [0.717, 1.165) is 37.0 Å². The molecule has 9 heteroatoms. The van der Waals surface area contributed by atoms with Crippen molar-refractivity contribution < 1.29 is 4.79 Å². The maximum atomic E-state index is 12.6. The normalized spacial score (nSPS) is 15.5. The Kier molecular flexibility index (Phi) is 5.54. The minimum Gasteiger partial charge on any atom is -0.352 e. The van der Waals surface area contributed by atoms with Gasteiger partial charge in [0.15, 0.2) is 11.2 Å². The monoisotopic (exact) mass is 410 g/mol. The highest BCUT2D eigenvalue weighted by atomic mass is 16.2. The Balaban J connectivity index is 1.37. The van der Waals surface area contributed by atoms with Gasteiger partial charge in [0, 0.05) is 39.8 Å². The van der Waals surface area contributed by atoms with Gasteiger partial charge in [-0.2, -0.15) is 0 Å². The highest BCUT2D eigenvalue weighted by Crippen LogP contribution is 2.14. The van der Waals surface area contributed by atoms with Gasteiger partial charge in [-0.3, -0.25) is 23.6 Å². The summed E-state index contributed by atoms with van der Waals surface area (Å²) in [5, 5.41) is 3.07. The van der Waals surface area contributed by atoms with Gasteiger partial charge in [-0.15, -0.1) is 0 Å². The smallest absolute Gasteiger partial charge is 0.332 e. The van der Waals surface area contributed by atoms with E-state index in [-0.39, 0.29) is 29.7 Å². The standard InChI is InChI=1S/C21H26N6O3/c1-24-19-18(20(29)25(2)21(24)30)27(14-22-19)13-17(28)23-16-8-10-26(11-9-16)12-15-6-4-3-5-7-15/h3-7,14,16H,8-13H2,1-2H3,(H,23,28). The van der Waals surface area contributed by atoms with Crippen molar-refractivity contribution in [3.8, 4) is 0 Å². The van der Waals surface area contributed by atoms with Gasteiger partial charge in [0.25, 0.3) is 5.56 Å². The Morgan fingerprint density at radius 1 is 1.10 bits per heavy atom. The molecular formula is C21H26N6O3. The third-order valence-electron chi connectivity index (χ3n) is 5.73. The Bertz CT molecular complexity index is 1170. The second kappa shape index (κ2) is 8.27. The fraction of sp³-hybridized carbons (Fsp3) is 0.429. The molecule has 1 N–H and O–H groups in total. The highest BCUT2D eigenvalue weighted by Gasteiger charge is 2.22. The first-order valence-electron chi connectivity index (χ1n) is 10.1. The van der Waals surface area contributed by atoms with E-state index < -0.39 is 11.2 Å². The van der Waals surface area contributed by atoms with Crippen molar-refractivity contribution >= 4 is 17.1 Å². The van der Waals surface area contributed by atoms with Crippen LogP contribution >= 0.6 is 0 Å². The SMILES string of the molecule is Cn1c(=O)c2c(ncn2CC(=O)NC2CCN(Cc3ccccc3)CC2)n(C)c1=O. The Morgan fingerprint density at radius 3 is 2.50 bits per heavy atom. The van der Waals surface area contributed by atoms with Gasteiger partial charge >= 0.3 is 5.69 Å². The first-order chi connectivity index (χ1) is 14.4. The van der Waals surface area contributed by atoms with Crippen LogP contribution in [0.25, 0.3) is 11.2 Å². The lowest BCUT2D eigenvalue weighted by molar-refractivity contribution is -0.122. The number of nitrogens with zero attached hydrogens (tertiary/aromatic N) is 5. The molecule has 1 aliphatic rings. The van der Waals surface area contributed by atoms with Gasteiger partial charge in [-0.05, 0) is 18.4 Å². The molecule has 0 spiro atoms. The molecule has 9 nitrogen and oxygen atoms in total. The van der Waals surface area contributed by atoms with Crippen LogP contribution in [0, 0.1) is 0 Å². The number of aryl methyl sites for hydroxylation is 1. The molecule has 4 rings (SSSR count). The van der Waals surface area contributed by atoms with Crippen LogP contribution in [0.15, 0.2) is 46.2 Å². The number of carbonyl (C=O) groups is 1. The molecule has 0 bridgehead atoms. The van der Waals surface area contributed by atoms with Crippen LogP contribution in [0.4, 0.5) is 0 Å². The number of benzene rings is 1. The summed E-state index contributed by atoms with van der Waals surface area (Å²) >= 11 is 0. The van der Waals surface area contributed by atoms with E-state index in [1.165, 1.54) is 28.1 Å². The van der Waals surface area contributed by atoms with Gasteiger partial charge in [0.05, 0.1) is 6.33 Å². The predicted molar refractivity (Wildman–Crippen MR) is 113 cm³/mol. The summed E-state index contributed by atoms with van der Waals surface area (Å²) in [7, 11) is 2.98. The number of hydrogen-bond donors (Lipinski definition) is 1. The molecule has 2 aromatic heterocycles. The molecule has 3 heterocycles. The van der Waals surface area contributed by atoms with E-state index in [1.807, 2.05) is 18.2 Å². The zero-order valence-corrected chi connectivity index (χ0v) is 17.2. The fourth-order valence-corrected chi connectivity index (χ4v) is 4.02. The quantitative estimate of drug-likeness (QED) is 0.649. The summed E-state index contributed by atoms with van der Waals surface area (Å²) in [6.07, 6.45) is 3.21. The summed E-state index contributed by atoms with van der Waals surface area (Å²) in [6.45, 7) is 2.77. The van der Waals surface area contributed by atoms with Crippen LogP contribution in [0.3, 0.4) is 0 Å². The Hall–Kier alpha value is -3.20. The average molecular weight is 410 g/mol. The number of aromatic nitrogens is 4. The molecule has 1 aliphatic heterocycles. The summed E-state index contributed by atoms with van der Waals surface area (Å²) < 4.78 is 3.85. The molecule has 3 aromatic rings. The van der Waals surface area contributed by atoms with Crippen molar-refractivity contribution in [2.45, 2.75) is 32.0 Å². The van der Waals surface area contributed by atoms with Crippen LogP contribution in [0.2, 0.25) is 0 Å². The zero-order chi connectivity index (χ0) is 21.3. The maximum Gasteiger partial charge on any atom is 0.332 e. The predicted octanol–water partition coefficient (Wildman–Crippen LogP) is 0.215. The zero-order valence-electron chi connectivity index (χ0n) is 17.2. The number of likely N-dealkylation sites (tertiary alicyclic amines) is 1. The van der Waals surface area contributed by atoms with E-state index in [1.54, 1.807) is 7.05 Å². The fourth-order valence-electron chi connectivity index (χ4n) is 4.02. The van der Waals surface area contributed by atoms with E-state index in [9.17, 15) is 14.4 Å². The molecular weight excluding hydrogens is 384 g/mol. The average Bonchev–Trinajstić information content (AvgIpc) is 3.16. The lowest BCUT2D eigenvalue weighted by atomic mass is 10.0. The number of fused-ring (bicyclic) bond motifs is 1. The summed E-state index contributed by atoms with van der Waals surface area (Å²) in [5.41, 5.74) is 0.942. The first-order valence-corrected chi connectivity index (χ1v) is 10.1. The van der Waals surface area contributed by atoms with E-state index in [2.05, 4.69) is 27.3 Å². The van der Waals surface area contributed by atoms with Crippen molar-refractivity contribution in [3.63, 3.8) is 0 Å². The number of nitrogens with one attached hydrogen (secondary N) is 1. The highest BCUT2D eigenvalue weighted by molar-refractivity contribution is 5.79. The van der Waals surface area contributed by atoms with Crippen LogP contribution in [0.5, 0.6) is 0 Å². The van der Waals surface area contributed by atoms with Crippen LogP contribution in [0.1, 0.15) is 18.4 Å². The molecule has 1 saturated heterocycles. The van der Waals surface area contributed by atoms with Crippen molar-refractivity contribution in [2.24, 2.45) is 14.1 Å². The van der Waals surface area contributed by atoms with E-state index in [0.29, 0.717) is 0 Å². The van der Waals surface area contributed by atoms with Crippen molar-refractivity contribution in [1.82, 2.24) is 28.9 Å². The topological polar surface area (TPSA) is 94.2 Å². The molecule has 1 fully saturated rings. The van der Waals surface area contributed by atoms with Crippen molar-refractivity contribution in [2.75, 3.05) is 13.1 Å². The summed E-state index contributed by atoms with van der Waals surface area (Å²) in [4.78, 5) is 43.7. The molecule has 30 heavy (non-hydrogen) atoms. The first kappa shape index (κ1) is 20.1. The third-order valence-corrected chi connectivity index (χ3v) is 5.73. The molecule has 1 aromatic carbocycles. The molecule has 158 valence electrons. The van der Waals surface area contributed by atoms with Gasteiger partial charge < -0.3 is 9.88 Å². The molecule has 0 saturated carbocycles.